The molecule has 0 saturated heterocycles. The number of aliphatic hydroxyl groups excluding tert-OH is 4. The number of carboxylic acid groups (broad SMARTS) is 1. The zero-order valence-electron chi connectivity index (χ0n) is 7.83. The SMILES string of the molecule is O=C(O)[C@H](O)[C@@H](O)[C@@H](O)[C@H](O)CS(=O)(=O)O. The highest BCUT2D eigenvalue weighted by atomic mass is 32.2. The Balaban J connectivity index is 4.55. The van der Waals surface area contributed by atoms with Crippen molar-refractivity contribution >= 4 is 16.1 Å². The van der Waals surface area contributed by atoms with E-state index in [0.717, 1.165) is 0 Å². The van der Waals surface area contributed by atoms with Gasteiger partial charge in [-0.3, -0.25) is 4.55 Å². The molecule has 0 rings (SSSR count). The van der Waals surface area contributed by atoms with E-state index in [-0.39, 0.29) is 0 Å². The van der Waals surface area contributed by atoms with Crippen LogP contribution in [0.2, 0.25) is 0 Å². The van der Waals surface area contributed by atoms with Gasteiger partial charge in [0, 0.05) is 0 Å². The number of aliphatic carboxylic acids is 1. The molecule has 0 aromatic heterocycles. The van der Waals surface area contributed by atoms with Crippen LogP contribution in [0.3, 0.4) is 0 Å². The van der Waals surface area contributed by atoms with Gasteiger partial charge in [-0.15, -0.1) is 0 Å². The summed E-state index contributed by atoms with van der Waals surface area (Å²) in [6.07, 6.45) is -9.02. The Bertz CT molecular complexity index is 336. The maximum atomic E-state index is 10.3. The monoisotopic (exact) mass is 260 g/mol. The fourth-order valence-corrected chi connectivity index (χ4v) is 1.50. The summed E-state index contributed by atoms with van der Waals surface area (Å²) < 4.78 is 28.9. The average molecular weight is 260 g/mol. The molecular weight excluding hydrogens is 248 g/mol. The van der Waals surface area contributed by atoms with Crippen LogP contribution >= 0.6 is 0 Å². The van der Waals surface area contributed by atoms with Crippen LogP contribution < -0.4 is 0 Å². The summed E-state index contributed by atoms with van der Waals surface area (Å²) in [5, 5.41) is 44.1. The molecule has 96 valence electrons. The Hall–Kier alpha value is -0.780. The van der Waals surface area contributed by atoms with E-state index in [1.165, 1.54) is 0 Å². The third-order valence-electron chi connectivity index (χ3n) is 1.70. The number of rotatable bonds is 6. The zero-order chi connectivity index (χ0) is 13.1. The van der Waals surface area contributed by atoms with E-state index in [0.29, 0.717) is 0 Å². The lowest BCUT2D eigenvalue weighted by Crippen LogP contribution is -2.49. The van der Waals surface area contributed by atoms with E-state index in [1.54, 1.807) is 0 Å². The van der Waals surface area contributed by atoms with Gasteiger partial charge in [0.25, 0.3) is 10.1 Å². The lowest BCUT2D eigenvalue weighted by molar-refractivity contribution is -0.161. The molecule has 0 aliphatic carbocycles. The molecule has 10 heteroatoms. The molecule has 0 spiro atoms. The van der Waals surface area contributed by atoms with E-state index in [9.17, 15) is 13.2 Å². The second-order valence-corrected chi connectivity index (χ2v) is 4.58. The Morgan fingerprint density at radius 3 is 1.81 bits per heavy atom. The van der Waals surface area contributed by atoms with Crippen LogP contribution in [0, 0.1) is 0 Å². The molecule has 0 aliphatic heterocycles. The molecular formula is C6H12O9S. The summed E-state index contributed by atoms with van der Waals surface area (Å²) in [5.41, 5.74) is 0. The quantitative estimate of drug-likeness (QED) is 0.264. The summed E-state index contributed by atoms with van der Waals surface area (Å²) in [6.45, 7) is 0. The first-order chi connectivity index (χ1) is 7.06. The fraction of sp³-hybridized carbons (Fsp3) is 0.833. The van der Waals surface area contributed by atoms with Crippen molar-refractivity contribution in [2.75, 3.05) is 5.75 Å². The first-order valence-corrected chi connectivity index (χ1v) is 5.57. The van der Waals surface area contributed by atoms with Gasteiger partial charge >= 0.3 is 5.97 Å². The molecule has 0 aliphatic rings. The zero-order valence-corrected chi connectivity index (χ0v) is 8.65. The number of carboxylic acids is 1. The lowest BCUT2D eigenvalue weighted by Gasteiger charge is -2.23. The highest BCUT2D eigenvalue weighted by Crippen LogP contribution is 2.07. The van der Waals surface area contributed by atoms with Gasteiger partial charge in [-0.25, -0.2) is 4.79 Å². The minimum absolute atomic E-state index is 1.29. The number of aliphatic hydroxyl groups is 4. The van der Waals surface area contributed by atoms with Gasteiger partial charge in [-0.1, -0.05) is 0 Å². The summed E-state index contributed by atoms with van der Waals surface area (Å²) in [6, 6.07) is 0. The molecule has 0 heterocycles. The van der Waals surface area contributed by atoms with Gasteiger partial charge < -0.3 is 25.5 Å². The van der Waals surface area contributed by atoms with Crippen molar-refractivity contribution < 1.29 is 43.3 Å². The second-order valence-electron chi connectivity index (χ2n) is 3.08. The second kappa shape index (κ2) is 5.52. The molecule has 0 aromatic carbocycles. The van der Waals surface area contributed by atoms with E-state index in [2.05, 4.69) is 0 Å². The molecule has 0 amide bonds. The van der Waals surface area contributed by atoms with Crippen LogP contribution in [0.15, 0.2) is 0 Å². The van der Waals surface area contributed by atoms with E-state index in [1.807, 2.05) is 0 Å². The predicted molar refractivity (Wildman–Crippen MR) is 48.1 cm³/mol. The van der Waals surface area contributed by atoms with Crippen molar-refractivity contribution in [2.24, 2.45) is 0 Å². The van der Waals surface area contributed by atoms with Gasteiger partial charge in [0.2, 0.25) is 0 Å². The van der Waals surface area contributed by atoms with E-state index >= 15 is 0 Å². The van der Waals surface area contributed by atoms with Crippen LogP contribution in [0.4, 0.5) is 0 Å². The van der Waals surface area contributed by atoms with Crippen LogP contribution in [0.1, 0.15) is 0 Å². The highest BCUT2D eigenvalue weighted by molar-refractivity contribution is 7.85. The van der Waals surface area contributed by atoms with Crippen LogP contribution in [-0.2, 0) is 14.9 Å². The van der Waals surface area contributed by atoms with Gasteiger partial charge in [0.15, 0.2) is 6.10 Å². The summed E-state index contributed by atoms with van der Waals surface area (Å²) >= 11 is 0. The van der Waals surface area contributed by atoms with Crippen LogP contribution in [0.25, 0.3) is 0 Å². The van der Waals surface area contributed by atoms with Crippen molar-refractivity contribution in [1.29, 1.82) is 0 Å². The average Bonchev–Trinajstić information content (AvgIpc) is 2.11. The molecule has 0 aromatic rings. The van der Waals surface area contributed by atoms with Crippen LogP contribution in [0.5, 0.6) is 0 Å². The third kappa shape index (κ3) is 4.83. The summed E-state index contributed by atoms with van der Waals surface area (Å²) in [5.74, 6) is -3.15. The third-order valence-corrected chi connectivity index (χ3v) is 2.46. The van der Waals surface area contributed by atoms with Crippen molar-refractivity contribution in [3.05, 3.63) is 0 Å². The molecule has 0 unspecified atom stereocenters. The van der Waals surface area contributed by atoms with Gasteiger partial charge in [-0.2, -0.15) is 8.42 Å². The summed E-state index contributed by atoms with van der Waals surface area (Å²) in [4.78, 5) is 10.2. The molecule has 0 saturated carbocycles. The Morgan fingerprint density at radius 2 is 1.50 bits per heavy atom. The predicted octanol–water partition coefficient (Wildman–Crippen LogP) is -3.60. The molecule has 9 nitrogen and oxygen atoms in total. The molecule has 6 N–H and O–H groups in total. The van der Waals surface area contributed by atoms with E-state index < -0.39 is 46.3 Å². The maximum Gasteiger partial charge on any atom is 0.335 e. The van der Waals surface area contributed by atoms with Crippen molar-refractivity contribution in [3.8, 4) is 0 Å². The minimum atomic E-state index is -4.60. The van der Waals surface area contributed by atoms with Crippen molar-refractivity contribution in [3.63, 3.8) is 0 Å². The summed E-state index contributed by atoms with van der Waals surface area (Å²) in [7, 11) is -4.60. The van der Waals surface area contributed by atoms with Gasteiger partial charge in [0.1, 0.15) is 18.0 Å². The molecule has 4 atom stereocenters. The molecule has 0 fully saturated rings. The Kier molecular flexibility index (Phi) is 5.25. The lowest BCUT2D eigenvalue weighted by atomic mass is 10.0. The number of carbonyl (C=O) groups is 1. The number of hydrogen-bond donors (Lipinski definition) is 6. The van der Waals surface area contributed by atoms with Crippen molar-refractivity contribution in [1.82, 2.24) is 0 Å². The first-order valence-electron chi connectivity index (χ1n) is 3.96. The first kappa shape index (κ1) is 15.2. The largest absolute Gasteiger partial charge is 0.479 e. The van der Waals surface area contributed by atoms with Crippen molar-refractivity contribution in [2.45, 2.75) is 24.4 Å². The maximum absolute atomic E-state index is 10.3. The molecule has 0 bridgehead atoms. The van der Waals surface area contributed by atoms with Crippen LogP contribution in [-0.4, -0.2) is 74.6 Å². The molecule has 0 radical (unpaired) electrons. The Labute approximate surface area is 90.3 Å². The smallest absolute Gasteiger partial charge is 0.335 e. The van der Waals surface area contributed by atoms with E-state index in [4.69, 9.17) is 30.1 Å². The Morgan fingerprint density at radius 1 is 1.06 bits per heavy atom. The van der Waals surface area contributed by atoms with Gasteiger partial charge in [-0.05, 0) is 0 Å². The minimum Gasteiger partial charge on any atom is -0.479 e. The topological polar surface area (TPSA) is 173 Å². The fourth-order valence-electron chi connectivity index (χ4n) is 0.875. The normalized spacial score (nSPS) is 19.8. The van der Waals surface area contributed by atoms with Gasteiger partial charge in [0.05, 0.1) is 6.10 Å². The number of hydrogen-bond acceptors (Lipinski definition) is 7. The highest BCUT2D eigenvalue weighted by Gasteiger charge is 2.35. The molecule has 16 heavy (non-hydrogen) atoms. The standard InChI is InChI=1S/C6H12O9S/c7-2(1-16(13,14)15)3(8)4(9)5(10)6(11)12/h2-5,7-10H,1H2,(H,11,12)(H,13,14,15)/t2-,3+,4+,5-/m1/s1.